The summed E-state index contributed by atoms with van der Waals surface area (Å²) in [6, 6.07) is 0. The van der Waals surface area contributed by atoms with Crippen LogP contribution in [0.3, 0.4) is 0 Å². The van der Waals surface area contributed by atoms with Crippen molar-refractivity contribution < 1.29 is 4.79 Å². The van der Waals surface area contributed by atoms with E-state index in [9.17, 15) is 4.79 Å². The topological polar surface area (TPSA) is 55.1 Å². The molecule has 1 amide bonds. The van der Waals surface area contributed by atoms with Crippen LogP contribution in [0.2, 0.25) is 0 Å². The largest absolute Gasteiger partial charge is 0.370 e. The molecule has 0 bridgehead atoms. The van der Waals surface area contributed by atoms with E-state index in [2.05, 4.69) is 19.2 Å². The van der Waals surface area contributed by atoms with Crippen LogP contribution in [0.25, 0.3) is 0 Å². The molecule has 3 N–H and O–H groups in total. The third-order valence-electron chi connectivity index (χ3n) is 3.74. The second-order valence-electron chi connectivity index (χ2n) is 4.84. The molecule has 0 radical (unpaired) electrons. The maximum Gasteiger partial charge on any atom is 0.219 e. The van der Waals surface area contributed by atoms with Crippen molar-refractivity contribution in [3.05, 3.63) is 0 Å². The van der Waals surface area contributed by atoms with Gasteiger partial charge in [0.25, 0.3) is 0 Å². The van der Waals surface area contributed by atoms with Gasteiger partial charge in [-0.1, -0.05) is 20.3 Å². The van der Waals surface area contributed by atoms with Gasteiger partial charge in [0.05, 0.1) is 0 Å². The van der Waals surface area contributed by atoms with Crippen molar-refractivity contribution in [1.82, 2.24) is 5.32 Å². The van der Waals surface area contributed by atoms with E-state index in [0.717, 1.165) is 6.42 Å². The Labute approximate surface area is 86.4 Å². The van der Waals surface area contributed by atoms with E-state index in [0.29, 0.717) is 18.3 Å². The summed E-state index contributed by atoms with van der Waals surface area (Å²) in [5, 5.41) is 3.33. The molecule has 1 aliphatic rings. The molecule has 0 heterocycles. The molecule has 14 heavy (non-hydrogen) atoms. The lowest BCUT2D eigenvalue weighted by Gasteiger charge is -2.44. The first-order valence-corrected chi connectivity index (χ1v) is 5.47. The molecule has 3 atom stereocenters. The molecule has 3 unspecified atom stereocenters. The van der Waals surface area contributed by atoms with Gasteiger partial charge in [-0.2, -0.15) is 0 Å². The molecule has 3 nitrogen and oxygen atoms in total. The summed E-state index contributed by atoms with van der Waals surface area (Å²) in [6.45, 7) is 4.46. The Balaban J connectivity index is 2.77. The van der Waals surface area contributed by atoms with Gasteiger partial charge in [-0.05, 0) is 31.7 Å². The zero-order valence-corrected chi connectivity index (χ0v) is 9.47. The number of primary amides is 1. The molecule has 1 rings (SSSR count). The summed E-state index contributed by atoms with van der Waals surface area (Å²) in [7, 11) is 1.94. The van der Waals surface area contributed by atoms with Crippen LogP contribution in [0.4, 0.5) is 0 Å². The van der Waals surface area contributed by atoms with Crippen LogP contribution in [-0.2, 0) is 4.79 Å². The van der Waals surface area contributed by atoms with Crippen molar-refractivity contribution in [3.8, 4) is 0 Å². The molecule has 82 valence electrons. The molecule has 1 saturated carbocycles. The highest BCUT2D eigenvalue weighted by Gasteiger charge is 2.40. The summed E-state index contributed by atoms with van der Waals surface area (Å²) in [5.41, 5.74) is 5.26. The molecule has 0 aromatic carbocycles. The number of hydrogen-bond acceptors (Lipinski definition) is 2. The minimum Gasteiger partial charge on any atom is -0.370 e. The zero-order valence-electron chi connectivity index (χ0n) is 9.47. The quantitative estimate of drug-likeness (QED) is 0.717. The predicted octanol–water partition coefficient (Wildman–Crippen LogP) is 1.28. The van der Waals surface area contributed by atoms with E-state index < -0.39 is 0 Å². The lowest BCUT2D eigenvalue weighted by molar-refractivity contribution is -0.120. The van der Waals surface area contributed by atoms with Crippen LogP contribution >= 0.6 is 0 Å². The van der Waals surface area contributed by atoms with Crippen molar-refractivity contribution >= 4 is 5.91 Å². The second-order valence-corrected chi connectivity index (χ2v) is 4.84. The van der Waals surface area contributed by atoms with Crippen molar-refractivity contribution in [1.29, 1.82) is 0 Å². The van der Waals surface area contributed by atoms with Gasteiger partial charge in [0.15, 0.2) is 0 Å². The number of hydrogen-bond donors (Lipinski definition) is 2. The van der Waals surface area contributed by atoms with Gasteiger partial charge in [-0.3, -0.25) is 4.79 Å². The Kier molecular flexibility index (Phi) is 3.53. The highest BCUT2D eigenvalue weighted by atomic mass is 16.1. The number of rotatable bonds is 3. The fourth-order valence-electron chi connectivity index (χ4n) is 2.73. The Morgan fingerprint density at radius 1 is 1.50 bits per heavy atom. The van der Waals surface area contributed by atoms with Gasteiger partial charge in [0.2, 0.25) is 5.91 Å². The van der Waals surface area contributed by atoms with Crippen LogP contribution in [0.1, 0.15) is 39.5 Å². The smallest absolute Gasteiger partial charge is 0.219 e. The molecule has 3 heteroatoms. The first kappa shape index (κ1) is 11.5. The Bertz CT molecular complexity index is 217. The first-order chi connectivity index (χ1) is 6.50. The fourth-order valence-corrected chi connectivity index (χ4v) is 2.73. The minimum atomic E-state index is -0.194. The van der Waals surface area contributed by atoms with Crippen molar-refractivity contribution in [3.63, 3.8) is 0 Å². The molecule has 0 saturated heterocycles. The number of carbonyl (C=O) groups is 1. The van der Waals surface area contributed by atoms with E-state index in [1.165, 1.54) is 12.8 Å². The van der Waals surface area contributed by atoms with E-state index in [1.807, 2.05) is 7.05 Å². The first-order valence-electron chi connectivity index (χ1n) is 5.47. The van der Waals surface area contributed by atoms with Crippen LogP contribution in [0, 0.1) is 11.8 Å². The molecule has 1 aliphatic carbocycles. The summed E-state index contributed by atoms with van der Waals surface area (Å²) in [5.74, 6) is 1.04. The normalized spacial score (nSPS) is 38.2. The van der Waals surface area contributed by atoms with E-state index in [4.69, 9.17) is 5.73 Å². The van der Waals surface area contributed by atoms with Gasteiger partial charge in [-0.15, -0.1) is 0 Å². The van der Waals surface area contributed by atoms with Crippen molar-refractivity contribution in [2.24, 2.45) is 17.6 Å². The maximum atomic E-state index is 11.1. The molecule has 1 fully saturated rings. The van der Waals surface area contributed by atoms with Gasteiger partial charge in [-0.25, -0.2) is 0 Å². The second kappa shape index (κ2) is 4.30. The molecule has 0 spiro atoms. The predicted molar refractivity (Wildman–Crippen MR) is 57.8 cm³/mol. The van der Waals surface area contributed by atoms with Crippen molar-refractivity contribution in [2.75, 3.05) is 7.05 Å². The Morgan fingerprint density at radius 2 is 2.14 bits per heavy atom. The summed E-state index contributed by atoms with van der Waals surface area (Å²) >= 11 is 0. The SMILES string of the molecule is CNC1(CC(N)=O)CC(C)CCC1C. The lowest BCUT2D eigenvalue weighted by Crippen LogP contribution is -2.54. The summed E-state index contributed by atoms with van der Waals surface area (Å²) < 4.78 is 0. The van der Waals surface area contributed by atoms with Crippen LogP contribution < -0.4 is 11.1 Å². The Hall–Kier alpha value is -0.570. The molecular weight excluding hydrogens is 176 g/mol. The summed E-state index contributed by atoms with van der Waals surface area (Å²) in [6.07, 6.45) is 3.99. The lowest BCUT2D eigenvalue weighted by atomic mass is 9.68. The van der Waals surface area contributed by atoms with Crippen LogP contribution in [0.5, 0.6) is 0 Å². The van der Waals surface area contributed by atoms with Crippen LogP contribution in [0.15, 0.2) is 0 Å². The van der Waals surface area contributed by atoms with Crippen molar-refractivity contribution in [2.45, 2.75) is 45.1 Å². The summed E-state index contributed by atoms with van der Waals surface area (Å²) in [4.78, 5) is 11.1. The average Bonchev–Trinajstić information content (AvgIpc) is 2.10. The van der Waals surface area contributed by atoms with Gasteiger partial charge in [0.1, 0.15) is 0 Å². The third-order valence-corrected chi connectivity index (χ3v) is 3.74. The highest BCUT2D eigenvalue weighted by molar-refractivity contribution is 5.75. The molecule has 0 aromatic rings. The molecule has 0 aromatic heterocycles. The average molecular weight is 198 g/mol. The fraction of sp³-hybridized carbons (Fsp3) is 0.909. The zero-order chi connectivity index (χ0) is 10.8. The van der Waals surface area contributed by atoms with Gasteiger partial charge < -0.3 is 11.1 Å². The standard InChI is InChI=1S/C11H22N2O/c1-8-4-5-9(2)11(6-8,13-3)7-10(12)14/h8-9,13H,4-7H2,1-3H3,(H2,12,14). The van der Waals surface area contributed by atoms with E-state index in [-0.39, 0.29) is 11.4 Å². The number of carbonyl (C=O) groups excluding carboxylic acids is 1. The molecule has 0 aliphatic heterocycles. The minimum absolute atomic E-state index is 0.0521. The van der Waals surface area contributed by atoms with Crippen LogP contribution in [-0.4, -0.2) is 18.5 Å². The number of amides is 1. The third kappa shape index (κ3) is 2.27. The number of nitrogens with two attached hydrogens (primary N) is 1. The van der Waals surface area contributed by atoms with Gasteiger partial charge >= 0.3 is 0 Å². The van der Waals surface area contributed by atoms with E-state index in [1.54, 1.807) is 0 Å². The maximum absolute atomic E-state index is 11.1. The highest BCUT2D eigenvalue weighted by Crippen LogP contribution is 2.38. The Morgan fingerprint density at radius 3 is 2.64 bits per heavy atom. The monoisotopic (exact) mass is 198 g/mol. The van der Waals surface area contributed by atoms with Gasteiger partial charge in [0, 0.05) is 12.0 Å². The molecular formula is C11H22N2O. The van der Waals surface area contributed by atoms with E-state index >= 15 is 0 Å². The number of nitrogens with one attached hydrogen (secondary N) is 1.